The van der Waals surface area contributed by atoms with E-state index in [9.17, 15) is 4.79 Å². The fourth-order valence-electron chi connectivity index (χ4n) is 3.60. The number of carboxylic acid groups (broad SMARTS) is 1. The van der Waals surface area contributed by atoms with Gasteiger partial charge in [0.2, 0.25) is 0 Å². The molecule has 21 heavy (non-hydrogen) atoms. The molecule has 1 aromatic carbocycles. The lowest BCUT2D eigenvalue weighted by Crippen LogP contribution is -2.28. The van der Waals surface area contributed by atoms with Gasteiger partial charge >= 0.3 is 5.97 Å². The van der Waals surface area contributed by atoms with Crippen molar-refractivity contribution in [3.8, 4) is 0 Å². The minimum absolute atomic E-state index is 0.165. The summed E-state index contributed by atoms with van der Waals surface area (Å²) in [7, 11) is 0. The largest absolute Gasteiger partial charge is 0.478 e. The van der Waals surface area contributed by atoms with Crippen LogP contribution in [0.5, 0.6) is 0 Å². The zero-order valence-corrected chi connectivity index (χ0v) is 13.0. The number of rotatable bonds is 6. The summed E-state index contributed by atoms with van der Waals surface area (Å²) in [6, 6.07) is 5.10. The van der Waals surface area contributed by atoms with Gasteiger partial charge in [0, 0.05) is 17.9 Å². The molecule has 1 aliphatic rings. The number of carboxylic acids is 1. The summed E-state index contributed by atoms with van der Waals surface area (Å²) in [5, 5.41) is 12.5. The van der Waals surface area contributed by atoms with Gasteiger partial charge in [0.1, 0.15) is 0 Å². The van der Waals surface area contributed by atoms with Crippen LogP contribution in [0.25, 0.3) is 0 Å². The van der Waals surface area contributed by atoms with Gasteiger partial charge in [0.15, 0.2) is 0 Å². The molecule has 0 radical (unpaired) electrons. The Morgan fingerprint density at radius 1 is 1.38 bits per heavy atom. The third-order valence-electron chi connectivity index (χ3n) is 4.45. The second-order valence-corrected chi connectivity index (χ2v) is 6.77. The average Bonchev–Trinajstić information content (AvgIpc) is 2.84. The normalized spacial score (nSPS) is 17.1. The molecule has 1 aromatic rings. The Morgan fingerprint density at radius 3 is 2.57 bits per heavy atom. The Hall–Kier alpha value is -1.71. The van der Waals surface area contributed by atoms with E-state index >= 15 is 0 Å². The zero-order chi connectivity index (χ0) is 15.5. The maximum atomic E-state index is 11.0. The molecule has 0 spiro atoms. The van der Waals surface area contributed by atoms with Crippen molar-refractivity contribution in [2.24, 2.45) is 11.3 Å². The van der Waals surface area contributed by atoms with Crippen molar-refractivity contribution >= 4 is 17.3 Å². The van der Waals surface area contributed by atoms with Crippen molar-refractivity contribution in [3.63, 3.8) is 0 Å². The lowest BCUT2D eigenvalue weighted by molar-refractivity contribution is 0.0698. The lowest BCUT2D eigenvalue weighted by atomic mass is 9.78. The molecule has 2 rings (SSSR count). The van der Waals surface area contributed by atoms with Crippen molar-refractivity contribution in [3.05, 3.63) is 23.8 Å². The molecule has 4 heteroatoms. The van der Waals surface area contributed by atoms with Gasteiger partial charge < -0.3 is 16.2 Å². The Bertz CT molecular complexity index is 506. The minimum atomic E-state index is -0.980. The van der Waals surface area contributed by atoms with Crippen molar-refractivity contribution in [1.82, 2.24) is 0 Å². The van der Waals surface area contributed by atoms with Gasteiger partial charge in [0.25, 0.3) is 0 Å². The lowest BCUT2D eigenvalue weighted by Gasteiger charge is -2.31. The summed E-state index contributed by atoms with van der Waals surface area (Å²) in [5.41, 5.74) is 7.57. The highest BCUT2D eigenvalue weighted by Gasteiger charge is 2.34. The van der Waals surface area contributed by atoms with E-state index in [2.05, 4.69) is 19.2 Å². The number of nitrogens with two attached hydrogens (primary N) is 1. The average molecular weight is 290 g/mol. The van der Waals surface area contributed by atoms with Gasteiger partial charge in [-0.25, -0.2) is 4.79 Å². The Kier molecular flexibility index (Phi) is 4.76. The quantitative estimate of drug-likeness (QED) is 0.693. The van der Waals surface area contributed by atoms with E-state index in [1.807, 2.05) is 0 Å². The number of anilines is 2. The number of aromatic carboxylic acids is 1. The maximum Gasteiger partial charge on any atom is 0.337 e. The molecule has 4 nitrogen and oxygen atoms in total. The highest BCUT2D eigenvalue weighted by molar-refractivity contribution is 5.94. The smallest absolute Gasteiger partial charge is 0.337 e. The number of hydrogen-bond donors (Lipinski definition) is 3. The van der Waals surface area contributed by atoms with Gasteiger partial charge in [-0.1, -0.05) is 26.7 Å². The predicted molar refractivity (Wildman–Crippen MR) is 86.7 cm³/mol. The summed E-state index contributed by atoms with van der Waals surface area (Å²) in [6.07, 6.45) is 6.42. The van der Waals surface area contributed by atoms with E-state index in [-0.39, 0.29) is 5.56 Å². The van der Waals surface area contributed by atoms with Crippen molar-refractivity contribution in [2.45, 2.75) is 46.0 Å². The molecule has 0 saturated heterocycles. The van der Waals surface area contributed by atoms with Gasteiger partial charge in [-0.05, 0) is 48.8 Å². The molecule has 1 aliphatic carbocycles. The van der Waals surface area contributed by atoms with Crippen LogP contribution in [0.15, 0.2) is 18.2 Å². The van der Waals surface area contributed by atoms with Crippen LogP contribution in [0.3, 0.4) is 0 Å². The minimum Gasteiger partial charge on any atom is -0.478 e. The van der Waals surface area contributed by atoms with Crippen molar-refractivity contribution in [1.29, 1.82) is 0 Å². The van der Waals surface area contributed by atoms with E-state index in [1.165, 1.54) is 32.1 Å². The summed E-state index contributed by atoms with van der Waals surface area (Å²) >= 11 is 0. The Labute approximate surface area is 126 Å². The van der Waals surface area contributed by atoms with Crippen LogP contribution in [-0.2, 0) is 0 Å². The molecular weight excluding hydrogens is 264 g/mol. The van der Waals surface area contributed by atoms with E-state index < -0.39 is 5.97 Å². The molecule has 0 amide bonds. The number of nitrogens with one attached hydrogen (secondary N) is 1. The van der Waals surface area contributed by atoms with E-state index in [4.69, 9.17) is 10.8 Å². The summed E-state index contributed by atoms with van der Waals surface area (Å²) in [6.45, 7) is 5.50. The van der Waals surface area contributed by atoms with Crippen LogP contribution in [-0.4, -0.2) is 17.6 Å². The summed E-state index contributed by atoms with van der Waals surface area (Å²) in [5.74, 6) is -0.282. The first-order valence-electron chi connectivity index (χ1n) is 7.79. The molecule has 0 heterocycles. The second kappa shape index (κ2) is 6.37. The molecule has 4 N–H and O–H groups in total. The number of carbonyl (C=O) groups is 1. The number of nitrogen functional groups attached to an aromatic ring is 1. The summed E-state index contributed by atoms with van der Waals surface area (Å²) < 4.78 is 0. The van der Waals surface area contributed by atoms with Crippen molar-refractivity contribution < 1.29 is 9.90 Å². The van der Waals surface area contributed by atoms with E-state index in [0.717, 1.165) is 12.2 Å². The highest BCUT2D eigenvalue weighted by atomic mass is 16.4. The van der Waals surface area contributed by atoms with Crippen LogP contribution >= 0.6 is 0 Å². The second-order valence-electron chi connectivity index (χ2n) is 6.77. The molecule has 1 fully saturated rings. The maximum absolute atomic E-state index is 11.0. The first-order chi connectivity index (χ1) is 9.92. The monoisotopic (exact) mass is 290 g/mol. The van der Waals surface area contributed by atoms with E-state index in [0.29, 0.717) is 17.0 Å². The first-order valence-corrected chi connectivity index (χ1v) is 7.79. The van der Waals surface area contributed by atoms with Crippen molar-refractivity contribution in [2.75, 3.05) is 17.6 Å². The topological polar surface area (TPSA) is 75.3 Å². The molecule has 0 aliphatic heterocycles. The van der Waals surface area contributed by atoms with Gasteiger partial charge in [0.05, 0.1) is 5.56 Å². The zero-order valence-electron chi connectivity index (χ0n) is 13.0. The highest BCUT2D eigenvalue weighted by Crippen LogP contribution is 2.43. The van der Waals surface area contributed by atoms with Gasteiger partial charge in [-0.3, -0.25) is 0 Å². The van der Waals surface area contributed by atoms with E-state index in [1.54, 1.807) is 18.2 Å². The molecule has 1 saturated carbocycles. The van der Waals surface area contributed by atoms with Gasteiger partial charge in [-0.15, -0.1) is 0 Å². The third-order valence-corrected chi connectivity index (χ3v) is 4.45. The summed E-state index contributed by atoms with van der Waals surface area (Å²) in [4.78, 5) is 11.0. The molecular formula is C17H26N2O2. The van der Waals surface area contributed by atoms with Crippen LogP contribution in [0.1, 0.15) is 56.3 Å². The SMILES string of the molecule is CC(C)CC1(CNc2ccc(C(=O)O)c(N)c2)CCCC1. The Balaban J connectivity index is 2.04. The molecule has 116 valence electrons. The van der Waals surface area contributed by atoms with Crippen LogP contribution < -0.4 is 11.1 Å². The van der Waals surface area contributed by atoms with Crippen LogP contribution in [0.2, 0.25) is 0 Å². The fraction of sp³-hybridized carbons (Fsp3) is 0.588. The number of benzene rings is 1. The standard InChI is InChI=1S/C17H26N2O2/c1-12(2)10-17(7-3-4-8-17)11-19-13-5-6-14(16(20)21)15(18)9-13/h5-6,9,12,19H,3-4,7-8,10-11,18H2,1-2H3,(H,20,21). The molecule has 0 unspecified atom stereocenters. The molecule has 0 bridgehead atoms. The Morgan fingerprint density at radius 2 is 2.05 bits per heavy atom. The molecule has 0 atom stereocenters. The van der Waals surface area contributed by atoms with Crippen LogP contribution in [0, 0.1) is 11.3 Å². The predicted octanol–water partition coefficient (Wildman–Crippen LogP) is 3.99. The first kappa shape index (κ1) is 15.7. The fourth-order valence-corrected chi connectivity index (χ4v) is 3.60. The van der Waals surface area contributed by atoms with Crippen LogP contribution in [0.4, 0.5) is 11.4 Å². The molecule has 0 aromatic heterocycles. The third kappa shape index (κ3) is 3.90. The van der Waals surface area contributed by atoms with Gasteiger partial charge in [-0.2, -0.15) is 0 Å². The number of hydrogen-bond acceptors (Lipinski definition) is 3.